The van der Waals surface area contributed by atoms with Crippen molar-refractivity contribution in [2.45, 2.75) is 51.9 Å². The molecule has 0 aliphatic carbocycles. The van der Waals surface area contributed by atoms with E-state index in [2.05, 4.69) is 36.1 Å². The second-order valence-electron chi connectivity index (χ2n) is 9.67. The standard InChI is InChI=1S/C32H38BNO4S/c1-4-5-6-7-8-9-10-25-23-31(33(35)36)39-32(25)24-11-13-26(14-12-24)34(27-15-19-29(37-2)20-16-27)28-17-21-30(38-3)22-18-28/h11-23,35-36H,4-10H2,1-3H3. The second kappa shape index (κ2) is 14.2. The average Bonchev–Trinajstić information content (AvgIpc) is 3.41. The van der Waals surface area contributed by atoms with E-state index in [1.165, 1.54) is 49.0 Å². The average molecular weight is 544 g/mol. The lowest BCUT2D eigenvalue weighted by Gasteiger charge is -2.26. The molecule has 0 spiro atoms. The van der Waals surface area contributed by atoms with Gasteiger partial charge in [0.05, 0.1) is 14.2 Å². The molecule has 39 heavy (non-hydrogen) atoms. The summed E-state index contributed by atoms with van der Waals surface area (Å²) in [5, 5.41) is 19.7. The van der Waals surface area contributed by atoms with Gasteiger partial charge in [0.2, 0.25) is 0 Å². The third-order valence-electron chi connectivity index (χ3n) is 6.93. The molecule has 0 saturated carbocycles. The first-order chi connectivity index (χ1) is 19.0. The topological polar surface area (TPSA) is 62.2 Å². The van der Waals surface area contributed by atoms with Gasteiger partial charge in [-0.3, -0.25) is 0 Å². The lowest BCUT2D eigenvalue weighted by atomic mass is 9.88. The Morgan fingerprint density at radius 1 is 0.692 bits per heavy atom. The molecule has 5 nitrogen and oxygen atoms in total. The number of aryl methyl sites for hydroxylation is 1. The van der Waals surface area contributed by atoms with Crippen LogP contribution in [0.1, 0.15) is 51.0 Å². The molecule has 204 valence electrons. The molecule has 2 N–H and O–H groups in total. The van der Waals surface area contributed by atoms with Gasteiger partial charge in [-0.1, -0.05) is 51.2 Å². The van der Waals surface area contributed by atoms with E-state index in [9.17, 15) is 10.0 Å². The molecule has 0 radical (unpaired) electrons. The summed E-state index contributed by atoms with van der Waals surface area (Å²) in [4.78, 5) is 3.30. The van der Waals surface area contributed by atoms with Crippen LogP contribution < -0.4 is 19.2 Å². The fourth-order valence-corrected chi connectivity index (χ4v) is 5.86. The minimum atomic E-state index is -1.45. The SMILES string of the molecule is CCCCCCCCc1cc(B(O)O)sc1-c1ccc(N(c2ccc(OC)cc2)c2ccc(OC)cc2)cc1. The van der Waals surface area contributed by atoms with E-state index in [0.717, 1.165) is 51.8 Å². The lowest BCUT2D eigenvalue weighted by Crippen LogP contribution is -2.26. The van der Waals surface area contributed by atoms with Crippen molar-refractivity contribution in [3.05, 3.63) is 84.4 Å². The summed E-state index contributed by atoms with van der Waals surface area (Å²) in [6.07, 6.45) is 8.32. The van der Waals surface area contributed by atoms with Crippen LogP contribution in [-0.2, 0) is 6.42 Å². The normalized spacial score (nSPS) is 10.9. The van der Waals surface area contributed by atoms with Gasteiger partial charge < -0.3 is 24.4 Å². The first-order valence-corrected chi connectivity index (χ1v) is 14.5. The first kappa shape index (κ1) is 28.7. The van der Waals surface area contributed by atoms with Gasteiger partial charge in [-0.15, -0.1) is 11.3 Å². The zero-order chi connectivity index (χ0) is 27.6. The number of anilines is 3. The molecule has 0 fully saturated rings. The lowest BCUT2D eigenvalue weighted by molar-refractivity contribution is 0.415. The van der Waals surface area contributed by atoms with E-state index in [1.807, 2.05) is 54.6 Å². The predicted molar refractivity (Wildman–Crippen MR) is 164 cm³/mol. The molecule has 1 aromatic heterocycles. The van der Waals surface area contributed by atoms with E-state index in [-0.39, 0.29) is 0 Å². The number of unbranched alkanes of at least 4 members (excludes halogenated alkanes) is 5. The van der Waals surface area contributed by atoms with E-state index in [0.29, 0.717) is 4.78 Å². The third-order valence-corrected chi connectivity index (χ3v) is 8.20. The van der Waals surface area contributed by atoms with Crippen LogP contribution in [0.25, 0.3) is 10.4 Å². The first-order valence-electron chi connectivity index (χ1n) is 13.7. The highest BCUT2D eigenvalue weighted by Gasteiger charge is 2.20. The van der Waals surface area contributed by atoms with Crippen LogP contribution in [0.3, 0.4) is 0 Å². The smallest absolute Gasteiger partial charge is 0.497 e. The highest BCUT2D eigenvalue weighted by molar-refractivity contribution is 7.25. The van der Waals surface area contributed by atoms with Crippen molar-refractivity contribution in [1.29, 1.82) is 0 Å². The van der Waals surface area contributed by atoms with Crippen molar-refractivity contribution in [3.63, 3.8) is 0 Å². The molecule has 0 aliphatic rings. The second-order valence-corrected chi connectivity index (χ2v) is 10.8. The summed E-state index contributed by atoms with van der Waals surface area (Å²) in [5.74, 6) is 1.61. The molecule has 0 unspecified atom stereocenters. The van der Waals surface area contributed by atoms with Crippen LogP contribution in [0.4, 0.5) is 17.1 Å². The number of hydrogen-bond donors (Lipinski definition) is 2. The Labute approximate surface area is 236 Å². The highest BCUT2D eigenvalue weighted by atomic mass is 32.1. The molecule has 1 heterocycles. The molecule has 0 amide bonds. The van der Waals surface area contributed by atoms with Crippen LogP contribution in [-0.4, -0.2) is 31.4 Å². The van der Waals surface area contributed by atoms with Gasteiger partial charge in [-0.25, -0.2) is 0 Å². The number of rotatable bonds is 14. The van der Waals surface area contributed by atoms with Gasteiger partial charge in [-0.05, 0) is 90.7 Å². The molecule has 0 bridgehead atoms. The summed E-state index contributed by atoms with van der Waals surface area (Å²) < 4.78 is 11.3. The minimum absolute atomic E-state index is 0.591. The van der Waals surface area contributed by atoms with Gasteiger partial charge >= 0.3 is 7.12 Å². The molecule has 0 atom stereocenters. The van der Waals surface area contributed by atoms with Crippen LogP contribution in [0.15, 0.2) is 78.9 Å². The summed E-state index contributed by atoms with van der Waals surface area (Å²) in [7, 11) is 1.88. The summed E-state index contributed by atoms with van der Waals surface area (Å²) in [5.41, 5.74) is 5.32. The number of nitrogens with zero attached hydrogens (tertiary/aromatic N) is 1. The van der Waals surface area contributed by atoms with Crippen LogP contribution >= 0.6 is 11.3 Å². The van der Waals surface area contributed by atoms with E-state index < -0.39 is 7.12 Å². The molecule has 7 heteroatoms. The molecule has 3 aromatic carbocycles. The molecular weight excluding hydrogens is 505 g/mol. The number of ether oxygens (including phenoxy) is 2. The van der Waals surface area contributed by atoms with Crippen LogP contribution in [0.2, 0.25) is 0 Å². The predicted octanol–water partition coefficient (Wildman–Crippen LogP) is 7.48. The van der Waals surface area contributed by atoms with Crippen LogP contribution in [0, 0.1) is 0 Å². The Balaban J connectivity index is 1.62. The number of hydrogen-bond acceptors (Lipinski definition) is 6. The van der Waals surface area contributed by atoms with Crippen molar-refractivity contribution in [1.82, 2.24) is 0 Å². The number of thiophene rings is 1. The van der Waals surface area contributed by atoms with E-state index in [4.69, 9.17) is 9.47 Å². The van der Waals surface area contributed by atoms with Gasteiger partial charge in [0.1, 0.15) is 11.5 Å². The van der Waals surface area contributed by atoms with Crippen molar-refractivity contribution in [3.8, 4) is 21.9 Å². The summed E-state index contributed by atoms with van der Waals surface area (Å²) >= 11 is 1.47. The Morgan fingerprint density at radius 2 is 1.18 bits per heavy atom. The Bertz CT molecular complexity index is 1240. The largest absolute Gasteiger partial charge is 0.499 e. The van der Waals surface area contributed by atoms with Crippen molar-refractivity contribution in [2.24, 2.45) is 0 Å². The fourth-order valence-electron chi connectivity index (χ4n) is 4.77. The zero-order valence-corrected chi connectivity index (χ0v) is 23.9. The minimum Gasteiger partial charge on any atom is -0.497 e. The van der Waals surface area contributed by atoms with Crippen molar-refractivity contribution in [2.75, 3.05) is 19.1 Å². The maximum Gasteiger partial charge on any atom is 0.499 e. The maximum atomic E-state index is 9.86. The fraction of sp³-hybridized carbons (Fsp3) is 0.312. The van der Waals surface area contributed by atoms with Crippen molar-refractivity contribution < 1.29 is 19.5 Å². The van der Waals surface area contributed by atoms with Gasteiger partial charge in [0, 0.05) is 26.7 Å². The quantitative estimate of drug-likeness (QED) is 0.128. The molecule has 4 rings (SSSR count). The van der Waals surface area contributed by atoms with Gasteiger partial charge in [0.25, 0.3) is 0 Å². The van der Waals surface area contributed by atoms with E-state index >= 15 is 0 Å². The Morgan fingerprint density at radius 3 is 1.67 bits per heavy atom. The van der Waals surface area contributed by atoms with Crippen LogP contribution in [0.5, 0.6) is 11.5 Å². The van der Waals surface area contributed by atoms with E-state index in [1.54, 1.807) is 14.2 Å². The highest BCUT2D eigenvalue weighted by Crippen LogP contribution is 2.38. The van der Waals surface area contributed by atoms with Gasteiger partial charge in [0.15, 0.2) is 0 Å². The Hall–Kier alpha value is -3.26. The summed E-state index contributed by atoms with van der Waals surface area (Å²) in [6.45, 7) is 2.23. The third kappa shape index (κ3) is 7.44. The zero-order valence-electron chi connectivity index (χ0n) is 23.1. The Kier molecular flexibility index (Phi) is 10.5. The molecule has 0 aliphatic heterocycles. The van der Waals surface area contributed by atoms with Crippen molar-refractivity contribution >= 4 is 40.3 Å². The number of benzene rings is 3. The maximum absolute atomic E-state index is 9.86. The van der Waals surface area contributed by atoms with Gasteiger partial charge in [-0.2, -0.15) is 0 Å². The molecular formula is C32H38BNO4S. The molecule has 0 saturated heterocycles. The monoisotopic (exact) mass is 543 g/mol. The summed E-state index contributed by atoms with van der Waals surface area (Å²) in [6, 6.07) is 26.5. The number of methoxy groups -OCH3 is 2. The molecule has 4 aromatic rings.